The number of rotatable bonds is 12. The highest BCUT2D eigenvalue weighted by Crippen LogP contribution is 2.21. The number of carbonyl (C=O) groups is 1. The van der Waals surface area contributed by atoms with Gasteiger partial charge in [-0.3, -0.25) is 4.79 Å². The van der Waals surface area contributed by atoms with Gasteiger partial charge >= 0.3 is 5.97 Å². The van der Waals surface area contributed by atoms with Crippen LogP contribution < -0.4 is 4.74 Å². The lowest BCUT2D eigenvalue weighted by Crippen LogP contribution is -2.08. The maximum Gasteiger partial charge on any atom is 0.310 e. The van der Waals surface area contributed by atoms with E-state index in [1.165, 1.54) is 0 Å². The van der Waals surface area contributed by atoms with Gasteiger partial charge in [0, 0.05) is 0 Å². The molecule has 0 unspecified atom stereocenters. The van der Waals surface area contributed by atoms with Gasteiger partial charge in [0.15, 0.2) is 0 Å². The first kappa shape index (κ1) is 21.7. The first-order valence-corrected chi connectivity index (χ1v) is 11.1. The first-order chi connectivity index (χ1) is 14.8. The highest BCUT2D eigenvalue weighted by atomic mass is 32.1. The maximum atomic E-state index is 11.7. The van der Waals surface area contributed by atoms with Gasteiger partial charge in [-0.2, -0.15) is 21.6 Å². The Balaban J connectivity index is 1.22. The van der Waals surface area contributed by atoms with E-state index in [1.54, 1.807) is 11.3 Å². The fourth-order valence-corrected chi connectivity index (χ4v) is 3.43. The van der Waals surface area contributed by atoms with E-state index in [1.807, 2.05) is 71.4 Å². The van der Waals surface area contributed by atoms with Crippen LogP contribution in [0.2, 0.25) is 0 Å². The fraction of sp³-hybridized carbons (Fsp3) is 0.292. The second-order valence-electron chi connectivity index (χ2n) is 6.82. The molecular formula is C24H26N2O3S. The van der Waals surface area contributed by atoms with Crippen molar-refractivity contribution in [1.29, 1.82) is 0 Å². The van der Waals surface area contributed by atoms with Crippen LogP contribution in [-0.4, -0.2) is 19.2 Å². The Morgan fingerprint density at radius 3 is 2.20 bits per heavy atom. The van der Waals surface area contributed by atoms with E-state index < -0.39 is 0 Å². The van der Waals surface area contributed by atoms with Crippen molar-refractivity contribution in [3.8, 4) is 5.75 Å². The second kappa shape index (κ2) is 12.5. The largest absolute Gasteiger partial charge is 0.494 e. The van der Waals surface area contributed by atoms with Crippen LogP contribution >= 0.6 is 11.3 Å². The van der Waals surface area contributed by atoms with E-state index in [4.69, 9.17) is 9.47 Å². The molecule has 1 heterocycles. The predicted octanol–water partition coefficient (Wildman–Crippen LogP) is 6.89. The lowest BCUT2D eigenvalue weighted by atomic mass is 10.2. The summed E-state index contributed by atoms with van der Waals surface area (Å²) in [5.74, 6) is 0.680. The minimum Gasteiger partial charge on any atom is -0.494 e. The quantitative estimate of drug-likeness (QED) is 0.181. The maximum absolute atomic E-state index is 11.7. The monoisotopic (exact) mass is 422 g/mol. The average molecular weight is 423 g/mol. The van der Waals surface area contributed by atoms with Crippen molar-refractivity contribution in [1.82, 2.24) is 0 Å². The van der Waals surface area contributed by atoms with Gasteiger partial charge in [0.1, 0.15) is 5.75 Å². The lowest BCUT2D eigenvalue weighted by Gasteiger charge is -2.07. The van der Waals surface area contributed by atoms with Gasteiger partial charge in [-0.05, 0) is 84.5 Å². The summed E-state index contributed by atoms with van der Waals surface area (Å²) in [5.41, 5.74) is 2.64. The van der Waals surface area contributed by atoms with Gasteiger partial charge in [-0.25, -0.2) is 0 Å². The molecule has 1 aromatic heterocycles. The topological polar surface area (TPSA) is 60.2 Å². The summed E-state index contributed by atoms with van der Waals surface area (Å²) in [5, 5.41) is 12.4. The average Bonchev–Trinajstić information content (AvgIpc) is 3.28. The molecular weight excluding hydrogens is 396 g/mol. The molecule has 0 amide bonds. The molecule has 0 fully saturated rings. The summed E-state index contributed by atoms with van der Waals surface area (Å²) < 4.78 is 11.0. The zero-order valence-corrected chi connectivity index (χ0v) is 17.7. The van der Waals surface area contributed by atoms with Crippen LogP contribution in [0.15, 0.2) is 81.7 Å². The number of nitrogens with zero attached hydrogens (tertiary/aromatic N) is 2. The molecule has 0 N–H and O–H groups in total. The van der Waals surface area contributed by atoms with Crippen molar-refractivity contribution >= 4 is 28.7 Å². The third kappa shape index (κ3) is 8.17. The third-order valence-corrected chi connectivity index (χ3v) is 5.10. The molecule has 5 nitrogen and oxygen atoms in total. The van der Waals surface area contributed by atoms with Crippen molar-refractivity contribution in [3.63, 3.8) is 0 Å². The molecule has 6 heteroatoms. The number of thiophene rings is 1. The Morgan fingerprint density at radius 1 is 0.800 bits per heavy atom. The zero-order chi connectivity index (χ0) is 20.9. The molecule has 0 atom stereocenters. The van der Waals surface area contributed by atoms with E-state index >= 15 is 0 Å². The number of hydrogen-bond acceptors (Lipinski definition) is 6. The Bertz CT molecular complexity index is 894. The Kier molecular flexibility index (Phi) is 9.08. The zero-order valence-electron chi connectivity index (χ0n) is 16.9. The number of esters is 1. The SMILES string of the molecule is O=C(Cc1ccsc1)OCCCCCCOc1ccc(N=Nc2ccccc2)cc1. The van der Waals surface area contributed by atoms with Crippen molar-refractivity contribution in [2.45, 2.75) is 32.1 Å². The van der Waals surface area contributed by atoms with E-state index in [-0.39, 0.29) is 5.97 Å². The fourth-order valence-electron chi connectivity index (χ4n) is 2.76. The van der Waals surface area contributed by atoms with Crippen molar-refractivity contribution in [3.05, 3.63) is 77.0 Å². The summed E-state index contributed by atoms with van der Waals surface area (Å²) in [6.45, 7) is 1.16. The van der Waals surface area contributed by atoms with Gasteiger partial charge < -0.3 is 9.47 Å². The molecule has 3 aromatic rings. The molecule has 0 aliphatic heterocycles. The minimum absolute atomic E-state index is 0.150. The van der Waals surface area contributed by atoms with E-state index in [2.05, 4.69) is 10.2 Å². The highest BCUT2D eigenvalue weighted by molar-refractivity contribution is 7.07. The van der Waals surface area contributed by atoms with Gasteiger partial charge in [0.05, 0.1) is 31.0 Å². The van der Waals surface area contributed by atoms with E-state index in [0.29, 0.717) is 19.6 Å². The van der Waals surface area contributed by atoms with Crippen molar-refractivity contribution in [2.24, 2.45) is 10.2 Å². The molecule has 0 aliphatic carbocycles. The summed E-state index contributed by atoms with van der Waals surface area (Å²) in [6, 6.07) is 19.2. The number of ether oxygens (including phenoxy) is 2. The van der Waals surface area contributed by atoms with E-state index in [0.717, 1.165) is 48.4 Å². The Hall–Kier alpha value is -2.99. The van der Waals surface area contributed by atoms with Crippen LogP contribution in [0.5, 0.6) is 5.75 Å². The number of azo groups is 1. The van der Waals surface area contributed by atoms with Gasteiger partial charge in [0.2, 0.25) is 0 Å². The molecule has 0 aliphatic rings. The molecule has 0 saturated heterocycles. The van der Waals surface area contributed by atoms with Crippen LogP contribution in [0.4, 0.5) is 11.4 Å². The van der Waals surface area contributed by atoms with Crippen LogP contribution in [0.25, 0.3) is 0 Å². The normalized spacial score (nSPS) is 10.9. The molecule has 30 heavy (non-hydrogen) atoms. The number of carbonyl (C=O) groups excluding carboxylic acids is 1. The first-order valence-electron chi connectivity index (χ1n) is 10.2. The minimum atomic E-state index is -0.150. The summed E-state index contributed by atoms with van der Waals surface area (Å²) in [4.78, 5) is 11.7. The lowest BCUT2D eigenvalue weighted by molar-refractivity contribution is -0.142. The highest BCUT2D eigenvalue weighted by Gasteiger charge is 2.04. The number of benzene rings is 2. The number of unbranched alkanes of at least 4 members (excludes halogenated alkanes) is 3. The molecule has 0 radical (unpaired) electrons. The van der Waals surface area contributed by atoms with Crippen molar-refractivity contribution in [2.75, 3.05) is 13.2 Å². The van der Waals surface area contributed by atoms with Gasteiger partial charge in [-0.1, -0.05) is 18.2 Å². The van der Waals surface area contributed by atoms with Crippen LogP contribution in [-0.2, 0) is 16.0 Å². The molecule has 0 saturated carbocycles. The molecule has 3 rings (SSSR count). The third-order valence-electron chi connectivity index (χ3n) is 4.37. The molecule has 0 bridgehead atoms. The standard InChI is InChI=1S/C24H26N2O3S/c27-24(18-20-14-17-30-19-20)29-16-7-2-1-6-15-28-23-12-10-22(11-13-23)26-25-21-8-4-3-5-9-21/h3-5,8-14,17,19H,1-2,6-7,15-16,18H2. The molecule has 0 spiro atoms. The van der Waals surface area contributed by atoms with Crippen LogP contribution in [0.3, 0.4) is 0 Å². The summed E-state index contributed by atoms with van der Waals surface area (Å²) in [7, 11) is 0. The van der Waals surface area contributed by atoms with Crippen molar-refractivity contribution < 1.29 is 14.3 Å². The van der Waals surface area contributed by atoms with Gasteiger partial charge in [-0.15, -0.1) is 0 Å². The van der Waals surface area contributed by atoms with Gasteiger partial charge in [0.25, 0.3) is 0 Å². The van der Waals surface area contributed by atoms with E-state index in [9.17, 15) is 4.79 Å². The second-order valence-corrected chi connectivity index (χ2v) is 7.60. The van der Waals surface area contributed by atoms with Crippen LogP contribution in [0.1, 0.15) is 31.2 Å². The Labute approximate surface area is 181 Å². The number of hydrogen-bond donors (Lipinski definition) is 0. The molecule has 2 aromatic carbocycles. The molecule has 156 valence electrons. The predicted molar refractivity (Wildman–Crippen MR) is 120 cm³/mol. The summed E-state index contributed by atoms with van der Waals surface area (Å²) in [6.07, 6.45) is 4.29. The smallest absolute Gasteiger partial charge is 0.310 e. The summed E-state index contributed by atoms with van der Waals surface area (Å²) >= 11 is 1.59. The Morgan fingerprint density at radius 2 is 1.50 bits per heavy atom. The van der Waals surface area contributed by atoms with Crippen LogP contribution in [0, 0.1) is 0 Å².